The number of aromatic nitrogens is 2. The monoisotopic (exact) mass is 753 g/mol. The molecule has 0 bridgehead atoms. The van der Waals surface area contributed by atoms with Crippen molar-refractivity contribution in [2.75, 3.05) is 4.90 Å². The Kier molecular flexibility index (Phi) is 5.84. The van der Waals surface area contributed by atoms with Gasteiger partial charge in [-0.25, -0.2) is 0 Å². The third kappa shape index (κ3) is 3.68. The summed E-state index contributed by atoms with van der Waals surface area (Å²) in [5, 5.41) is 0. The van der Waals surface area contributed by atoms with Crippen molar-refractivity contribution in [3.05, 3.63) is 233 Å². The molecular weight excluding hydrogens is 723 g/mol. The lowest BCUT2D eigenvalue weighted by Gasteiger charge is -2.40. The zero-order valence-corrected chi connectivity index (χ0v) is 31.6. The van der Waals surface area contributed by atoms with Crippen molar-refractivity contribution in [2.24, 2.45) is 0 Å². The fourth-order valence-corrected chi connectivity index (χ4v) is 11.3. The van der Waals surface area contributed by atoms with Gasteiger partial charge in [-0.05, 0) is 105 Å². The second-order valence-electron chi connectivity index (χ2n) is 16.0. The number of fused-ring (bicyclic) bond motifs is 21. The predicted molar refractivity (Wildman–Crippen MR) is 230 cm³/mol. The molecular formula is C54H31N3O2. The van der Waals surface area contributed by atoms with E-state index in [0.717, 1.165) is 73.7 Å². The van der Waals surface area contributed by atoms with Crippen molar-refractivity contribution in [3.8, 4) is 56.6 Å². The molecule has 1 unspecified atom stereocenters. The van der Waals surface area contributed by atoms with Crippen LogP contribution in [0.15, 0.2) is 188 Å². The van der Waals surface area contributed by atoms with E-state index in [2.05, 4.69) is 157 Å². The summed E-state index contributed by atoms with van der Waals surface area (Å²) in [5.74, 6) is 3.26. The maximum atomic E-state index is 7.17. The van der Waals surface area contributed by atoms with Gasteiger partial charge in [0.25, 0.3) is 0 Å². The van der Waals surface area contributed by atoms with Crippen LogP contribution in [0.3, 0.4) is 0 Å². The Balaban J connectivity index is 1.09. The molecule has 2 aromatic heterocycles. The van der Waals surface area contributed by atoms with E-state index in [4.69, 9.17) is 19.4 Å². The molecule has 7 aromatic carbocycles. The van der Waals surface area contributed by atoms with Gasteiger partial charge in [-0.15, -0.1) is 0 Å². The fourth-order valence-electron chi connectivity index (χ4n) is 11.3. The van der Waals surface area contributed by atoms with Gasteiger partial charge in [0, 0.05) is 22.9 Å². The second kappa shape index (κ2) is 11.0. The summed E-state index contributed by atoms with van der Waals surface area (Å²) in [7, 11) is 0. The van der Waals surface area contributed by atoms with E-state index in [1.807, 2.05) is 36.7 Å². The van der Waals surface area contributed by atoms with Gasteiger partial charge >= 0.3 is 0 Å². The normalized spacial score (nSPS) is 16.9. The van der Waals surface area contributed by atoms with E-state index >= 15 is 0 Å². The summed E-state index contributed by atoms with van der Waals surface area (Å²) in [6.07, 6.45) is 3.87. The first kappa shape index (κ1) is 31.3. The van der Waals surface area contributed by atoms with Crippen molar-refractivity contribution >= 4 is 17.1 Å². The molecule has 5 nitrogen and oxygen atoms in total. The van der Waals surface area contributed by atoms with Crippen LogP contribution >= 0.6 is 0 Å². The predicted octanol–water partition coefficient (Wildman–Crippen LogP) is 12.9. The Hall–Kier alpha value is -7.76. The van der Waals surface area contributed by atoms with E-state index in [9.17, 15) is 0 Å². The van der Waals surface area contributed by atoms with E-state index in [1.165, 1.54) is 44.5 Å². The van der Waals surface area contributed by atoms with Crippen LogP contribution in [-0.4, -0.2) is 9.97 Å². The Labute approximate surface area is 340 Å². The van der Waals surface area contributed by atoms with Crippen LogP contribution in [0.25, 0.3) is 33.6 Å². The van der Waals surface area contributed by atoms with Crippen LogP contribution in [0, 0.1) is 0 Å². The molecule has 0 fully saturated rings. The van der Waals surface area contributed by atoms with Crippen molar-refractivity contribution < 1.29 is 9.47 Å². The molecule has 5 heteroatoms. The molecule has 59 heavy (non-hydrogen) atoms. The highest BCUT2D eigenvalue weighted by Gasteiger charge is 2.56. The lowest BCUT2D eigenvalue weighted by Crippen LogP contribution is -2.33. The lowest BCUT2D eigenvalue weighted by atomic mass is 9.65. The first-order valence-electron chi connectivity index (χ1n) is 20.1. The summed E-state index contributed by atoms with van der Waals surface area (Å²) in [6, 6.07) is 63.3. The summed E-state index contributed by atoms with van der Waals surface area (Å²) in [5.41, 5.74) is 17.8. The number of nitrogens with zero attached hydrogens (tertiary/aromatic N) is 3. The van der Waals surface area contributed by atoms with Gasteiger partial charge in [0.15, 0.2) is 11.5 Å². The van der Waals surface area contributed by atoms with Gasteiger partial charge in [-0.3, -0.25) is 9.97 Å². The summed E-state index contributed by atoms with van der Waals surface area (Å²) in [4.78, 5) is 12.7. The Morgan fingerprint density at radius 1 is 0.356 bits per heavy atom. The number of hydrogen-bond acceptors (Lipinski definition) is 5. The molecule has 2 spiro atoms. The zero-order valence-electron chi connectivity index (χ0n) is 31.6. The van der Waals surface area contributed by atoms with Crippen LogP contribution < -0.4 is 14.4 Å². The number of rotatable bonds is 1. The Morgan fingerprint density at radius 2 is 0.864 bits per heavy atom. The van der Waals surface area contributed by atoms with Gasteiger partial charge in [0.05, 0.1) is 45.5 Å². The van der Waals surface area contributed by atoms with Gasteiger partial charge in [0.1, 0.15) is 11.5 Å². The van der Waals surface area contributed by atoms with Crippen molar-refractivity contribution in [3.63, 3.8) is 0 Å². The van der Waals surface area contributed by atoms with Crippen LogP contribution in [0.2, 0.25) is 0 Å². The van der Waals surface area contributed by atoms with Crippen molar-refractivity contribution in [1.82, 2.24) is 9.97 Å². The second-order valence-corrected chi connectivity index (χ2v) is 16.0. The summed E-state index contributed by atoms with van der Waals surface area (Å²) in [6.45, 7) is 0. The molecule has 3 aliphatic carbocycles. The third-order valence-corrected chi connectivity index (χ3v) is 13.4. The molecule has 274 valence electrons. The van der Waals surface area contributed by atoms with Crippen LogP contribution in [-0.2, 0) is 10.8 Å². The van der Waals surface area contributed by atoms with E-state index in [-0.39, 0.29) is 0 Å². The average Bonchev–Trinajstić information content (AvgIpc) is 3.87. The Bertz CT molecular complexity index is 3240. The SMILES string of the molecule is c1ccc2c(c1)Oc1ccccc1N2c1cnc2c(c1)C1(c3ccccc3Oc3cc4c(cc31)-c1ccccc1C41c3ccccc3-c3ccccc31)c1cccnc1-2. The van der Waals surface area contributed by atoms with Gasteiger partial charge in [0.2, 0.25) is 0 Å². The number of hydrogen-bond donors (Lipinski definition) is 0. The average molecular weight is 754 g/mol. The molecule has 9 aromatic rings. The molecule has 0 radical (unpaired) electrons. The van der Waals surface area contributed by atoms with Gasteiger partial charge in [-0.1, -0.05) is 121 Å². The maximum absolute atomic E-state index is 7.17. The van der Waals surface area contributed by atoms with Gasteiger partial charge < -0.3 is 14.4 Å². The fraction of sp³-hybridized carbons (Fsp3) is 0.0370. The molecule has 1 atom stereocenters. The van der Waals surface area contributed by atoms with Crippen LogP contribution in [0.4, 0.5) is 17.1 Å². The van der Waals surface area contributed by atoms with Gasteiger partial charge in [-0.2, -0.15) is 0 Å². The molecule has 2 aliphatic heterocycles. The standard InChI is InChI=1S/C54H31N3O2/c1-4-17-37-33(14-1)34-15-2-5-18-38(34)53(37)39-19-6-3-16-35(39)36-29-43-50(30-42(36)53)58-47-24-10-7-20-40(47)54(43)41-21-13-27-55-51(41)52-44(54)28-32(31-56-52)57-45-22-8-11-25-48(45)59-49-26-12-9-23-46(49)57/h1-31H. The minimum absolute atomic E-state index is 0.499. The smallest absolute Gasteiger partial charge is 0.151 e. The lowest BCUT2D eigenvalue weighted by molar-refractivity contribution is 0.435. The largest absolute Gasteiger partial charge is 0.457 e. The molecule has 0 saturated heterocycles. The quantitative estimate of drug-likeness (QED) is 0.167. The molecule has 0 amide bonds. The minimum atomic E-state index is -0.789. The Morgan fingerprint density at radius 3 is 1.54 bits per heavy atom. The third-order valence-electron chi connectivity index (χ3n) is 13.4. The molecule has 14 rings (SSSR count). The van der Waals surface area contributed by atoms with E-state index < -0.39 is 10.8 Å². The van der Waals surface area contributed by atoms with E-state index in [1.54, 1.807) is 0 Å². The van der Waals surface area contributed by atoms with Crippen LogP contribution in [0.1, 0.15) is 44.5 Å². The number of ether oxygens (including phenoxy) is 2. The maximum Gasteiger partial charge on any atom is 0.151 e. The first-order chi connectivity index (χ1) is 29.3. The number of benzene rings is 7. The number of pyridine rings is 2. The molecule has 4 heterocycles. The van der Waals surface area contributed by atoms with Crippen molar-refractivity contribution in [1.29, 1.82) is 0 Å². The number of para-hydroxylation sites is 5. The minimum Gasteiger partial charge on any atom is -0.457 e. The molecule has 0 N–H and O–H groups in total. The summed E-state index contributed by atoms with van der Waals surface area (Å²) >= 11 is 0. The molecule has 0 saturated carbocycles. The van der Waals surface area contributed by atoms with Crippen LogP contribution in [0.5, 0.6) is 23.0 Å². The molecule has 5 aliphatic rings. The zero-order chi connectivity index (χ0) is 38.5. The van der Waals surface area contributed by atoms with Crippen molar-refractivity contribution in [2.45, 2.75) is 10.8 Å². The highest BCUT2D eigenvalue weighted by molar-refractivity contribution is 5.97. The topological polar surface area (TPSA) is 47.5 Å². The highest BCUT2D eigenvalue weighted by atomic mass is 16.5. The highest BCUT2D eigenvalue weighted by Crippen LogP contribution is 2.67. The number of anilines is 3. The first-order valence-corrected chi connectivity index (χ1v) is 20.1. The summed E-state index contributed by atoms with van der Waals surface area (Å²) < 4.78 is 13.6. The van der Waals surface area contributed by atoms with E-state index in [0.29, 0.717) is 0 Å².